The van der Waals surface area contributed by atoms with Gasteiger partial charge in [-0.1, -0.05) is 19.9 Å². The highest BCUT2D eigenvalue weighted by Gasteiger charge is 2.39. The molecule has 1 aromatic carbocycles. The molecule has 0 unspecified atom stereocenters. The number of benzene rings is 1. The van der Waals surface area contributed by atoms with E-state index in [0.29, 0.717) is 18.7 Å². The van der Waals surface area contributed by atoms with E-state index in [4.69, 9.17) is 9.72 Å². The fraction of sp³-hybridized carbons (Fsp3) is 0.368. The third kappa shape index (κ3) is 3.27. The fourth-order valence-electron chi connectivity index (χ4n) is 3.25. The number of rotatable bonds is 3. The molecule has 0 radical (unpaired) electrons. The van der Waals surface area contributed by atoms with E-state index in [1.54, 1.807) is 17.9 Å². The molecule has 1 aliphatic rings. The molecule has 4 nitrogen and oxygen atoms in total. The maximum Gasteiger partial charge on any atom is 0.223 e. The van der Waals surface area contributed by atoms with Crippen molar-refractivity contribution < 1.29 is 13.9 Å². The fourth-order valence-corrected chi connectivity index (χ4v) is 3.69. The number of aromatic nitrogens is 1. The van der Waals surface area contributed by atoms with E-state index in [9.17, 15) is 9.18 Å². The minimum absolute atomic E-state index is 0.00117. The van der Waals surface area contributed by atoms with Crippen LogP contribution in [0.4, 0.5) is 10.1 Å². The van der Waals surface area contributed by atoms with Crippen LogP contribution in [0.1, 0.15) is 37.6 Å². The molecule has 0 saturated carbocycles. The molecule has 1 aliphatic heterocycles. The number of hydrogen-bond acceptors (Lipinski definition) is 3. The van der Waals surface area contributed by atoms with Crippen molar-refractivity contribution in [1.29, 1.82) is 0 Å². The molecule has 1 amide bonds. The maximum atomic E-state index is 13.4. The maximum absolute atomic E-state index is 13.4. The van der Waals surface area contributed by atoms with Gasteiger partial charge in [0.05, 0.1) is 18.5 Å². The van der Waals surface area contributed by atoms with Gasteiger partial charge in [-0.05, 0) is 39.2 Å². The summed E-state index contributed by atoms with van der Waals surface area (Å²) in [5, 5.41) is 0. The van der Waals surface area contributed by atoms with E-state index in [2.05, 4.69) is 29.8 Å². The van der Waals surface area contributed by atoms with Gasteiger partial charge in [0.15, 0.2) is 0 Å². The lowest BCUT2D eigenvalue weighted by molar-refractivity contribution is -0.116. The lowest BCUT2D eigenvalue weighted by atomic mass is 9.91. The van der Waals surface area contributed by atoms with Gasteiger partial charge in [-0.25, -0.2) is 9.37 Å². The number of pyridine rings is 1. The normalized spacial score (nSPS) is 15.2. The molecule has 0 saturated heterocycles. The minimum atomic E-state index is -0.337. The summed E-state index contributed by atoms with van der Waals surface area (Å²) in [5.74, 6) is 0.161. The number of halogens is 2. The highest BCUT2D eigenvalue weighted by molar-refractivity contribution is 9.10. The Bertz CT molecular complexity index is 852. The highest BCUT2D eigenvalue weighted by atomic mass is 79.9. The van der Waals surface area contributed by atoms with Crippen molar-refractivity contribution >= 4 is 27.5 Å². The number of fused-ring (bicyclic) bond motifs is 1. The van der Waals surface area contributed by atoms with Crippen LogP contribution in [0.25, 0.3) is 0 Å². The van der Waals surface area contributed by atoms with Crippen LogP contribution in [0.15, 0.2) is 28.9 Å². The SMILES string of the molecule is COc1cc(F)ccc1Cc1cc2c(nc1Br)C(C)(C)CN2C(C)=O. The van der Waals surface area contributed by atoms with Crippen molar-refractivity contribution in [1.82, 2.24) is 4.98 Å². The summed E-state index contributed by atoms with van der Waals surface area (Å²) in [5.41, 5.74) is 3.34. The van der Waals surface area contributed by atoms with Gasteiger partial charge < -0.3 is 9.64 Å². The molecule has 0 N–H and O–H groups in total. The topological polar surface area (TPSA) is 42.4 Å². The molecule has 2 heterocycles. The number of methoxy groups -OCH3 is 1. The van der Waals surface area contributed by atoms with E-state index < -0.39 is 0 Å². The lowest BCUT2D eigenvalue weighted by Gasteiger charge is -2.18. The van der Waals surface area contributed by atoms with E-state index >= 15 is 0 Å². The summed E-state index contributed by atoms with van der Waals surface area (Å²) < 4.78 is 19.4. The van der Waals surface area contributed by atoms with Crippen LogP contribution in [0.2, 0.25) is 0 Å². The van der Waals surface area contributed by atoms with Crippen LogP contribution in [0.5, 0.6) is 5.75 Å². The Morgan fingerprint density at radius 2 is 2.08 bits per heavy atom. The number of carbonyl (C=O) groups excluding carboxylic acids is 1. The third-order valence-electron chi connectivity index (χ3n) is 4.52. The van der Waals surface area contributed by atoms with Gasteiger partial charge in [-0.3, -0.25) is 4.79 Å². The van der Waals surface area contributed by atoms with Crippen molar-refractivity contribution in [3.05, 3.63) is 51.5 Å². The molecular formula is C19H20BrFN2O2. The molecule has 0 aliphatic carbocycles. The van der Waals surface area contributed by atoms with Crippen LogP contribution in [-0.4, -0.2) is 24.5 Å². The summed E-state index contributed by atoms with van der Waals surface area (Å²) >= 11 is 3.55. The zero-order chi connectivity index (χ0) is 18.4. The molecule has 0 bridgehead atoms. The number of anilines is 1. The van der Waals surface area contributed by atoms with Crippen molar-refractivity contribution in [3.8, 4) is 5.75 Å². The molecular weight excluding hydrogens is 387 g/mol. The first-order valence-corrected chi connectivity index (χ1v) is 8.82. The van der Waals surface area contributed by atoms with E-state index in [1.807, 2.05) is 6.07 Å². The Labute approximate surface area is 155 Å². The lowest BCUT2D eigenvalue weighted by Crippen LogP contribution is -2.32. The van der Waals surface area contributed by atoms with E-state index in [-0.39, 0.29) is 17.1 Å². The summed E-state index contributed by atoms with van der Waals surface area (Å²) in [6.07, 6.45) is 0.524. The number of nitrogens with zero attached hydrogens (tertiary/aromatic N) is 2. The van der Waals surface area contributed by atoms with Gasteiger partial charge in [0.2, 0.25) is 5.91 Å². The standard InChI is InChI=1S/C19H20BrFN2O2/c1-11(24)23-10-19(2,3)17-15(23)8-13(18(20)22-17)7-12-5-6-14(21)9-16(12)25-4/h5-6,8-9H,7,10H2,1-4H3. The Balaban J connectivity index is 2.05. The van der Waals surface area contributed by atoms with Crippen LogP contribution in [-0.2, 0) is 16.6 Å². The van der Waals surface area contributed by atoms with E-state index in [0.717, 1.165) is 27.1 Å². The predicted molar refractivity (Wildman–Crippen MR) is 98.7 cm³/mol. The van der Waals surface area contributed by atoms with Crippen LogP contribution in [0, 0.1) is 5.82 Å². The minimum Gasteiger partial charge on any atom is -0.496 e. The zero-order valence-corrected chi connectivity index (χ0v) is 16.3. The number of ether oxygens (including phenoxy) is 1. The van der Waals surface area contributed by atoms with Gasteiger partial charge >= 0.3 is 0 Å². The number of carbonyl (C=O) groups is 1. The van der Waals surface area contributed by atoms with Crippen molar-refractivity contribution in [2.45, 2.75) is 32.6 Å². The molecule has 25 heavy (non-hydrogen) atoms. The first-order chi connectivity index (χ1) is 11.7. The smallest absolute Gasteiger partial charge is 0.223 e. The van der Waals surface area contributed by atoms with Crippen molar-refractivity contribution in [2.24, 2.45) is 0 Å². The van der Waals surface area contributed by atoms with Gasteiger partial charge in [-0.2, -0.15) is 0 Å². The van der Waals surface area contributed by atoms with Gasteiger partial charge in [0.25, 0.3) is 0 Å². The average Bonchev–Trinajstić information content (AvgIpc) is 2.80. The molecule has 0 fully saturated rings. The molecule has 6 heteroatoms. The van der Waals surface area contributed by atoms with Crippen molar-refractivity contribution in [2.75, 3.05) is 18.6 Å². The third-order valence-corrected chi connectivity index (χ3v) is 5.21. The summed E-state index contributed by atoms with van der Waals surface area (Å²) in [4.78, 5) is 18.5. The summed E-state index contributed by atoms with van der Waals surface area (Å²) in [7, 11) is 1.52. The van der Waals surface area contributed by atoms with Gasteiger partial charge in [0, 0.05) is 31.4 Å². The largest absolute Gasteiger partial charge is 0.496 e. The second-order valence-electron chi connectivity index (χ2n) is 6.93. The quantitative estimate of drug-likeness (QED) is 0.716. The van der Waals surface area contributed by atoms with Crippen LogP contribution >= 0.6 is 15.9 Å². The Hall–Kier alpha value is -1.95. The Morgan fingerprint density at radius 1 is 1.36 bits per heavy atom. The summed E-state index contributed by atoms with van der Waals surface area (Å²) in [6.45, 7) is 6.34. The molecule has 0 spiro atoms. The first kappa shape index (κ1) is 17.9. The number of hydrogen-bond donors (Lipinski definition) is 0. The Kier molecular flexibility index (Phi) is 4.58. The molecule has 132 valence electrons. The monoisotopic (exact) mass is 406 g/mol. The summed E-state index contributed by atoms with van der Waals surface area (Å²) in [6, 6.07) is 6.48. The van der Waals surface area contributed by atoms with Gasteiger partial charge in [-0.15, -0.1) is 0 Å². The molecule has 0 atom stereocenters. The van der Waals surface area contributed by atoms with Crippen LogP contribution in [0.3, 0.4) is 0 Å². The molecule has 2 aromatic rings. The van der Waals surface area contributed by atoms with Crippen molar-refractivity contribution in [3.63, 3.8) is 0 Å². The second-order valence-corrected chi connectivity index (χ2v) is 7.68. The molecule has 1 aromatic heterocycles. The second kappa shape index (κ2) is 6.41. The highest BCUT2D eigenvalue weighted by Crippen LogP contribution is 2.41. The zero-order valence-electron chi connectivity index (χ0n) is 14.7. The predicted octanol–water partition coefficient (Wildman–Crippen LogP) is 4.23. The van der Waals surface area contributed by atoms with Gasteiger partial charge in [0.1, 0.15) is 16.2 Å². The van der Waals surface area contributed by atoms with Crippen LogP contribution < -0.4 is 9.64 Å². The van der Waals surface area contributed by atoms with E-state index in [1.165, 1.54) is 19.2 Å². The Morgan fingerprint density at radius 3 is 2.72 bits per heavy atom. The molecule has 3 rings (SSSR count). The first-order valence-electron chi connectivity index (χ1n) is 8.03. The average molecular weight is 407 g/mol. The number of amides is 1.